The monoisotopic (exact) mass is 305 g/mol. The van der Waals surface area contributed by atoms with Gasteiger partial charge in [0.2, 0.25) is 10.0 Å². The zero-order chi connectivity index (χ0) is 14.2. The van der Waals surface area contributed by atoms with E-state index in [2.05, 4.69) is 0 Å². The predicted octanol–water partition coefficient (Wildman–Crippen LogP) is 2.90. The van der Waals surface area contributed by atoms with Crippen molar-refractivity contribution in [1.29, 1.82) is 0 Å². The van der Waals surface area contributed by atoms with E-state index in [0.717, 1.165) is 12.8 Å². The first kappa shape index (κ1) is 14.8. The highest BCUT2D eigenvalue weighted by molar-refractivity contribution is 7.89. The highest BCUT2D eigenvalue weighted by Gasteiger charge is 2.30. The van der Waals surface area contributed by atoms with E-state index < -0.39 is 15.8 Å². The van der Waals surface area contributed by atoms with Crippen molar-refractivity contribution >= 4 is 21.6 Å². The van der Waals surface area contributed by atoms with Gasteiger partial charge in [-0.3, -0.25) is 0 Å². The van der Waals surface area contributed by atoms with E-state index in [0.29, 0.717) is 18.0 Å². The molecule has 0 amide bonds. The number of alkyl halides is 1. The van der Waals surface area contributed by atoms with Gasteiger partial charge in [0, 0.05) is 25.0 Å². The van der Waals surface area contributed by atoms with Crippen LogP contribution in [0.25, 0.3) is 0 Å². The summed E-state index contributed by atoms with van der Waals surface area (Å²) in [6.45, 7) is 1.97. The average molecular weight is 306 g/mol. The number of sulfonamides is 1. The molecule has 19 heavy (non-hydrogen) atoms. The Kier molecular flexibility index (Phi) is 4.18. The molecule has 0 spiro atoms. The average Bonchev–Trinajstić information content (AvgIpc) is 3.15. The Morgan fingerprint density at radius 2 is 2.05 bits per heavy atom. The van der Waals surface area contributed by atoms with Gasteiger partial charge in [-0.2, -0.15) is 0 Å². The zero-order valence-corrected chi connectivity index (χ0v) is 12.6. The smallest absolute Gasteiger partial charge is 0.207 e. The van der Waals surface area contributed by atoms with E-state index in [4.69, 9.17) is 11.6 Å². The molecule has 1 aliphatic rings. The fourth-order valence-corrected chi connectivity index (χ4v) is 3.66. The third-order valence-corrected chi connectivity index (χ3v) is 5.67. The minimum Gasteiger partial charge on any atom is -0.207 e. The van der Waals surface area contributed by atoms with Crippen LogP contribution in [-0.2, 0) is 15.9 Å². The van der Waals surface area contributed by atoms with E-state index >= 15 is 0 Å². The molecule has 0 heterocycles. The maximum Gasteiger partial charge on any atom is 0.243 e. The number of halogens is 2. The molecule has 0 atom stereocenters. The molecule has 0 aromatic heterocycles. The SMILES string of the molecule is Cc1c(F)cc(CCl)cc1S(=O)(=O)N(C)CC1CC1. The van der Waals surface area contributed by atoms with Crippen molar-refractivity contribution in [3.8, 4) is 0 Å². The molecule has 1 saturated carbocycles. The first-order chi connectivity index (χ1) is 8.86. The van der Waals surface area contributed by atoms with Crippen molar-refractivity contribution in [2.75, 3.05) is 13.6 Å². The number of rotatable bonds is 5. The first-order valence-corrected chi connectivity index (χ1v) is 8.15. The summed E-state index contributed by atoms with van der Waals surface area (Å²) in [5.74, 6) is 0.00387. The molecule has 2 rings (SSSR count). The van der Waals surface area contributed by atoms with Crippen molar-refractivity contribution in [1.82, 2.24) is 4.31 Å². The summed E-state index contributed by atoms with van der Waals surface area (Å²) >= 11 is 5.67. The Hall–Kier alpha value is -0.650. The minimum atomic E-state index is -3.65. The molecule has 6 heteroatoms. The Balaban J connectivity index is 2.40. The van der Waals surface area contributed by atoms with E-state index in [-0.39, 0.29) is 16.3 Å². The first-order valence-electron chi connectivity index (χ1n) is 6.17. The van der Waals surface area contributed by atoms with Crippen LogP contribution in [0.15, 0.2) is 17.0 Å². The molecule has 3 nitrogen and oxygen atoms in total. The van der Waals surface area contributed by atoms with Crippen molar-refractivity contribution in [3.05, 3.63) is 29.1 Å². The molecule has 0 N–H and O–H groups in total. The van der Waals surface area contributed by atoms with Gasteiger partial charge in [-0.05, 0) is 43.4 Å². The number of nitrogens with zero attached hydrogens (tertiary/aromatic N) is 1. The molecule has 0 radical (unpaired) electrons. The third-order valence-electron chi connectivity index (χ3n) is 3.41. The highest BCUT2D eigenvalue weighted by Crippen LogP contribution is 2.32. The lowest BCUT2D eigenvalue weighted by atomic mass is 10.1. The van der Waals surface area contributed by atoms with Gasteiger partial charge in [0.25, 0.3) is 0 Å². The number of hydrogen-bond donors (Lipinski definition) is 0. The molecule has 1 aromatic rings. The van der Waals surface area contributed by atoms with Crippen LogP contribution in [0, 0.1) is 18.7 Å². The van der Waals surface area contributed by atoms with Crippen LogP contribution in [-0.4, -0.2) is 26.3 Å². The van der Waals surface area contributed by atoms with E-state index in [1.54, 1.807) is 7.05 Å². The Labute approximate surface area is 118 Å². The standard InChI is InChI=1S/C13H17ClFNO2S/c1-9-12(15)5-11(7-14)6-13(9)19(17,18)16(2)8-10-3-4-10/h5-6,10H,3-4,7-8H2,1-2H3. The normalized spacial score (nSPS) is 16.1. The second-order valence-electron chi connectivity index (χ2n) is 5.06. The second kappa shape index (κ2) is 5.38. The van der Waals surface area contributed by atoms with Gasteiger partial charge in [-0.15, -0.1) is 11.6 Å². The van der Waals surface area contributed by atoms with Gasteiger partial charge in [-0.1, -0.05) is 0 Å². The lowest BCUT2D eigenvalue weighted by Crippen LogP contribution is -2.29. The summed E-state index contributed by atoms with van der Waals surface area (Å²) in [7, 11) is -2.11. The fraction of sp³-hybridized carbons (Fsp3) is 0.538. The summed E-state index contributed by atoms with van der Waals surface area (Å²) in [5, 5.41) is 0. The van der Waals surface area contributed by atoms with E-state index in [9.17, 15) is 12.8 Å². The molecule has 0 aliphatic heterocycles. The summed E-state index contributed by atoms with van der Waals surface area (Å²) in [6.07, 6.45) is 2.13. The molecule has 1 aromatic carbocycles. The summed E-state index contributed by atoms with van der Waals surface area (Å²) < 4.78 is 40.0. The topological polar surface area (TPSA) is 37.4 Å². The summed E-state index contributed by atoms with van der Waals surface area (Å²) in [5.41, 5.74) is 0.625. The van der Waals surface area contributed by atoms with Crippen molar-refractivity contribution in [2.45, 2.75) is 30.5 Å². The van der Waals surface area contributed by atoms with Gasteiger partial charge in [0.05, 0.1) is 4.90 Å². The van der Waals surface area contributed by atoms with Crippen molar-refractivity contribution in [2.24, 2.45) is 5.92 Å². The van der Waals surface area contributed by atoms with Crippen LogP contribution >= 0.6 is 11.6 Å². The quantitative estimate of drug-likeness (QED) is 0.784. The van der Waals surface area contributed by atoms with Crippen LogP contribution in [0.4, 0.5) is 4.39 Å². The molecule has 0 unspecified atom stereocenters. The van der Waals surface area contributed by atoms with Crippen LogP contribution in [0.5, 0.6) is 0 Å². The maximum absolute atomic E-state index is 13.8. The maximum atomic E-state index is 13.8. The lowest BCUT2D eigenvalue weighted by molar-refractivity contribution is 0.451. The lowest BCUT2D eigenvalue weighted by Gasteiger charge is -2.19. The molecule has 106 valence electrons. The second-order valence-corrected chi connectivity index (χ2v) is 7.34. The van der Waals surface area contributed by atoms with Crippen LogP contribution in [0.2, 0.25) is 0 Å². The summed E-state index contributed by atoms with van der Waals surface area (Å²) in [6, 6.07) is 2.74. The van der Waals surface area contributed by atoms with Gasteiger partial charge in [0.1, 0.15) is 5.82 Å². The van der Waals surface area contributed by atoms with Crippen LogP contribution < -0.4 is 0 Å². The number of hydrogen-bond acceptors (Lipinski definition) is 2. The molecule has 0 saturated heterocycles. The Morgan fingerprint density at radius 1 is 1.42 bits per heavy atom. The number of benzene rings is 1. The Bertz CT molecular complexity index is 585. The van der Waals surface area contributed by atoms with Gasteiger partial charge in [0.15, 0.2) is 0 Å². The third kappa shape index (κ3) is 3.09. The predicted molar refractivity (Wildman–Crippen MR) is 73.2 cm³/mol. The zero-order valence-electron chi connectivity index (χ0n) is 11.0. The van der Waals surface area contributed by atoms with Crippen LogP contribution in [0.3, 0.4) is 0 Å². The fourth-order valence-electron chi connectivity index (χ4n) is 1.98. The summed E-state index contributed by atoms with van der Waals surface area (Å²) in [4.78, 5) is 0.0197. The van der Waals surface area contributed by atoms with Crippen molar-refractivity contribution < 1.29 is 12.8 Å². The van der Waals surface area contributed by atoms with E-state index in [1.807, 2.05) is 0 Å². The largest absolute Gasteiger partial charge is 0.243 e. The van der Waals surface area contributed by atoms with E-state index in [1.165, 1.54) is 23.4 Å². The van der Waals surface area contributed by atoms with Gasteiger partial charge in [-0.25, -0.2) is 17.1 Å². The molecular formula is C13H17ClFNO2S. The van der Waals surface area contributed by atoms with Gasteiger partial charge < -0.3 is 0 Å². The molecule has 1 fully saturated rings. The van der Waals surface area contributed by atoms with Crippen LogP contribution in [0.1, 0.15) is 24.0 Å². The highest BCUT2D eigenvalue weighted by atomic mass is 35.5. The Morgan fingerprint density at radius 3 is 2.58 bits per heavy atom. The molecule has 0 bridgehead atoms. The molecule has 1 aliphatic carbocycles. The van der Waals surface area contributed by atoms with Crippen molar-refractivity contribution in [3.63, 3.8) is 0 Å². The van der Waals surface area contributed by atoms with Gasteiger partial charge >= 0.3 is 0 Å². The minimum absolute atomic E-state index is 0.0197. The molecular weight excluding hydrogens is 289 g/mol.